The minimum atomic E-state index is -4.60. The van der Waals surface area contributed by atoms with E-state index < -0.39 is 17.8 Å². The minimum Gasteiger partial charge on any atom is -0.320 e. The lowest BCUT2D eigenvalue weighted by Crippen LogP contribution is -2.17. The van der Waals surface area contributed by atoms with Crippen molar-refractivity contribution in [2.24, 2.45) is 0 Å². The van der Waals surface area contributed by atoms with Gasteiger partial charge in [0.2, 0.25) is 0 Å². The topological polar surface area (TPSA) is 76.9 Å². The highest BCUT2D eigenvalue weighted by Gasteiger charge is 2.33. The summed E-state index contributed by atoms with van der Waals surface area (Å²) in [6, 6.07) is 7.47. The van der Waals surface area contributed by atoms with E-state index in [1.54, 1.807) is 0 Å². The van der Waals surface area contributed by atoms with E-state index in [0.29, 0.717) is 18.2 Å². The summed E-state index contributed by atoms with van der Waals surface area (Å²) in [7, 11) is 0. The molecular formula is C23H25F3N4O2. The van der Waals surface area contributed by atoms with Crippen LogP contribution in [0.3, 0.4) is 0 Å². The highest BCUT2D eigenvalue weighted by atomic mass is 19.4. The minimum absolute atomic E-state index is 0.273. The summed E-state index contributed by atoms with van der Waals surface area (Å²) in [6.07, 6.45) is 3.92. The van der Waals surface area contributed by atoms with Gasteiger partial charge >= 0.3 is 6.18 Å². The zero-order chi connectivity index (χ0) is 23.3. The van der Waals surface area contributed by atoms with E-state index >= 15 is 0 Å². The van der Waals surface area contributed by atoms with Crippen LogP contribution in [0.2, 0.25) is 0 Å². The Morgan fingerprint density at radius 1 is 1.19 bits per heavy atom. The Labute approximate surface area is 183 Å². The maximum Gasteiger partial charge on any atom is 0.433 e. The van der Waals surface area contributed by atoms with Gasteiger partial charge in [-0.15, -0.1) is 0 Å². The summed E-state index contributed by atoms with van der Waals surface area (Å²) >= 11 is 0. The van der Waals surface area contributed by atoms with E-state index in [1.807, 2.05) is 36.7 Å². The Morgan fingerprint density at radius 2 is 1.91 bits per heavy atom. The van der Waals surface area contributed by atoms with Crippen molar-refractivity contribution in [2.45, 2.75) is 57.7 Å². The number of amides is 1. The average Bonchev–Trinajstić information content (AvgIpc) is 3.23. The highest BCUT2D eigenvalue weighted by molar-refractivity contribution is 6.04. The molecule has 0 unspecified atom stereocenters. The van der Waals surface area contributed by atoms with Crippen LogP contribution in [0.5, 0.6) is 0 Å². The first-order valence-corrected chi connectivity index (χ1v) is 10.5. The lowest BCUT2D eigenvalue weighted by molar-refractivity contribution is -0.141. The van der Waals surface area contributed by atoms with Gasteiger partial charge in [0.15, 0.2) is 0 Å². The number of halogens is 3. The van der Waals surface area contributed by atoms with Gasteiger partial charge in [-0.05, 0) is 49.1 Å². The van der Waals surface area contributed by atoms with E-state index in [9.17, 15) is 18.0 Å². The molecule has 1 aliphatic rings. The second kappa shape index (κ2) is 9.93. The number of benzene rings is 1. The van der Waals surface area contributed by atoms with Crippen LogP contribution in [0, 0.1) is 0 Å². The molecule has 1 aliphatic carbocycles. The number of carbonyl (C=O) groups is 2. The van der Waals surface area contributed by atoms with E-state index in [0.717, 1.165) is 35.4 Å². The molecule has 1 aromatic carbocycles. The van der Waals surface area contributed by atoms with E-state index in [4.69, 9.17) is 9.89 Å². The van der Waals surface area contributed by atoms with Crippen molar-refractivity contribution in [3.63, 3.8) is 0 Å². The second-order valence-corrected chi connectivity index (χ2v) is 7.68. The Balaban J connectivity index is 0.00000141. The van der Waals surface area contributed by atoms with Crippen LogP contribution in [-0.4, -0.2) is 27.5 Å². The number of anilines is 1. The second-order valence-electron chi connectivity index (χ2n) is 7.68. The van der Waals surface area contributed by atoms with Crippen LogP contribution in [-0.2, 0) is 17.4 Å². The third-order valence-corrected chi connectivity index (χ3v) is 5.60. The largest absolute Gasteiger partial charge is 0.433 e. The predicted molar refractivity (Wildman–Crippen MR) is 116 cm³/mol. The summed E-state index contributed by atoms with van der Waals surface area (Å²) in [5.41, 5.74) is 0.932. The zero-order valence-electron chi connectivity index (χ0n) is 17.8. The molecule has 1 N–H and O–H groups in total. The Bertz CT molecular complexity index is 1090. The fraction of sp³-hybridized carbons (Fsp3) is 0.391. The van der Waals surface area contributed by atoms with Crippen LogP contribution in [0.25, 0.3) is 10.9 Å². The molecule has 0 radical (unpaired) electrons. The number of hydrogen-bond donors (Lipinski definition) is 1. The van der Waals surface area contributed by atoms with Crippen molar-refractivity contribution in [2.75, 3.05) is 5.32 Å². The Hall–Kier alpha value is -3.23. The standard InChI is InChI=1S/C22H23F3N4O.CH2O/c1-2-14-11-19-15(13-29(28-19)16-7-4-3-5-8-16)12-18(14)27-21(30)17-9-6-10-20(26-17)22(23,24)25;1-2/h6,9-13,16H,2-5,7-8H2,1H3,(H,27,30);1H2. The van der Waals surface area contributed by atoms with Gasteiger partial charge in [0, 0.05) is 17.3 Å². The summed E-state index contributed by atoms with van der Waals surface area (Å²) in [5.74, 6) is -0.671. The molecule has 1 fully saturated rings. The summed E-state index contributed by atoms with van der Waals surface area (Å²) in [6.45, 7) is 3.96. The Morgan fingerprint density at radius 3 is 2.56 bits per heavy atom. The number of nitrogens with one attached hydrogen (secondary N) is 1. The van der Waals surface area contributed by atoms with Crippen molar-refractivity contribution in [1.82, 2.24) is 14.8 Å². The summed E-state index contributed by atoms with van der Waals surface area (Å²) in [5, 5.41) is 8.35. The quantitative estimate of drug-likeness (QED) is 0.567. The first-order valence-electron chi connectivity index (χ1n) is 10.5. The maximum absolute atomic E-state index is 12.9. The fourth-order valence-corrected chi connectivity index (χ4v) is 3.98. The number of aromatic nitrogens is 3. The van der Waals surface area contributed by atoms with Crippen molar-refractivity contribution in [3.05, 3.63) is 53.5 Å². The van der Waals surface area contributed by atoms with Crippen molar-refractivity contribution < 1.29 is 22.8 Å². The molecule has 2 heterocycles. The Kier molecular flexibility index (Phi) is 7.27. The molecule has 1 saturated carbocycles. The van der Waals surface area contributed by atoms with E-state index in [2.05, 4.69) is 10.3 Å². The molecule has 0 aliphatic heterocycles. The first-order chi connectivity index (χ1) is 15.3. The van der Waals surface area contributed by atoms with Gasteiger partial charge in [-0.2, -0.15) is 18.3 Å². The number of nitrogens with zero attached hydrogens (tertiary/aromatic N) is 3. The first kappa shape index (κ1) is 23.4. The van der Waals surface area contributed by atoms with Gasteiger partial charge in [-0.1, -0.05) is 32.3 Å². The molecule has 3 aromatic rings. The zero-order valence-corrected chi connectivity index (χ0v) is 17.8. The number of rotatable bonds is 4. The molecule has 4 rings (SSSR count). The van der Waals surface area contributed by atoms with Crippen LogP contribution < -0.4 is 5.32 Å². The molecule has 0 saturated heterocycles. The molecule has 9 heteroatoms. The van der Waals surface area contributed by atoms with Gasteiger partial charge in [-0.3, -0.25) is 9.48 Å². The van der Waals surface area contributed by atoms with Gasteiger partial charge in [0.05, 0.1) is 11.6 Å². The lowest BCUT2D eigenvalue weighted by Gasteiger charge is -2.21. The normalized spacial score (nSPS) is 14.6. The van der Waals surface area contributed by atoms with Crippen molar-refractivity contribution >= 4 is 29.3 Å². The number of pyridine rings is 1. The third kappa shape index (κ3) is 5.15. The molecule has 0 bridgehead atoms. The summed E-state index contributed by atoms with van der Waals surface area (Å²) < 4.78 is 40.7. The van der Waals surface area contributed by atoms with E-state index in [1.165, 1.54) is 31.4 Å². The molecule has 170 valence electrons. The number of carbonyl (C=O) groups excluding carboxylic acids is 2. The highest BCUT2D eigenvalue weighted by Crippen LogP contribution is 2.31. The molecule has 32 heavy (non-hydrogen) atoms. The van der Waals surface area contributed by atoms with Gasteiger partial charge in [0.1, 0.15) is 18.2 Å². The van der Waals surface area contributed by atoms with Crippen molar-refractivity contribution in [1.29, 1.82) is 0 Å². The molecule has 0 atom stereocenters. The third-order valence-electron chi connectivity index (χ3n) is 5.60. The molecule has 6 nitrogen and oxygen atoms in total. The van der Waals surface area contributed by atoms with Crippen LogP contribution in [0.4, 0.5) is 18.9 Å². The van der Waals surface area contributed by atoms with E-state index in [-0.39, 0.29) is 5.69 Å². The van der Waals surface area contributed by atoms with Gasteiger partial charge in [0.25, 0.3) is 5.91 Å². The van der Waals surface area contributed by atoms with Gasteiger partial charge < -0.3 is 10.1 Å². The molecule has 0 spiro atoms. The van der Waals surface area contributed by atoms with Crippen LogP contribution >= 0.6 is 0 Å². The number of aryl methyl sites for hydroxylation is 1. The average molecular weight is 446 g/mol. The SMILES string of the molecule is C=O.CCc1cc2nn(C3CCCCC3)cc2cc1NC(=O)c1cccc(C(F)(F)F)n1. The van der Waals surface area contributed by atoms with Crippen molar-refractivity contribution in [3.8, 4) is 0 Å². The van der Waals surface area contributed by atoms with Crippen LogP contribution in [0.15, 0.2) is 36.5 Å². The summed E-state index contributed by atoms with van der Waals surface area (Å²) in [4.78, 5) is 24.1. The molecular weight excluding hydrogens is 421 g/mol. The fourth-order valence-electron chi connectivity index (χ4n) is 3.98. The number of hydrogen-bond acceptors (Lipinski definition) is 4. The smallest absolute Gasteiger partial charge is 0.320 e. The maximum atomic E-state index is 12.9. The van der Waals surface area contributed by atoms with Crippen LogP contribution in [0.1, 0.15) is 66.8 Å². The molecule has 2 aromatic heterocycles. The number of alkyl halides is 3. The number of fused-ring (bicyclic) bond motifs is 1. The lowest BCUT2D eigenvalue weighted by atomic mass is 9.96. The predicted octanol–water partition coefficient (Wildman–Crippen LogP) is 5.59. The monoisotopic (exact) mass is 446 g/mol. The van der Waals surface area contributed by atoms with Gasteiger partial charge in [-0.25, -0.2) is 4.98 Å². The molecule has 1 amide bonds.